The first-order valence-electron chi connectivity index (χ1n) is 6.15. The highest BCUT2D eigenvalue weighted by molar-refractivity contribution is 9.09. The minimum Gasteiger partial charge on any atom is -0.492 e. The molecule has 21 heavy (non-hydrogen) atoms. The molecule has 1 atom stereocenters. The molecule has 0 aliphatic heterocycles. The number of alkyl halides is 1. The quantitative estimate of drug-likeness (QED) is 0.510. The number of halogens is 5. The molecule has 0 amide bonds. The lowest BCUT2D eigenvalue weighted by Crippen LogP contribution is -1.99. The Bertz CT molecular complexity index is 664. The first-order valence-corrected chi connectivity index (χ1v) is 8.20. The standard InChI is InChI=1S/C15H11BrCl3FO/c1-2-21-13-7-10(17)9(6-11(13)18)14(16)8-4-3-5-12(20)15(8)19/h3-7,14H,2H2,1H3. The Labute approximate surface area is 146 Å². The van der Waals surface area contributed by atoms with Gasteiger partial charge in [-0.25, -0.2) is 4.39 Å². The molecule has 0 radical (unpaired) electrons. The highest BCUT2D eigenvalue weighted by atomic mass is 79.9. The van der Waals surface area contributed by atoms with Crippen molar-refractivity contribution in [3.63, 3.8) is 0 Å². The summed E-state index contributed by atoms with van der Waals surface area (Å²) in [6.07, 6.45) is 0. The normalized spacial score (nSPS) is 12.3. The van der Waals surface area contributed by atoms with Gasteiger partial charge in [-0.2, -0.15) is 0 Å². The summed E-state index contributed by atoms with van der Waals surface area (Å²) < 4.78 is 19.0. The Hall–Kier alpha value is -0.480. The molecular formula is C15H11BrCl3FO. The molecule has 0 bridgehead atoms. The van der Waals surface area contributed by atoms with Crippen LogP contribution in [0.15, 0.2) is 30.3 Å². The van der Waals surface area contributed by atoms with E-state index in [-0.39, 0.29) is 9.85 Å². The SMILES string of the molecule is CCOc1cc(Cl)c(C(Br)c2cccc(F)c2Cl)cc1Cl. The first kappa shape index (κ1) is 16.9. The van der Waals surface area contributed by atoms with E-state index in [1.807, 2.05) is 6.92 Å². The molecular weight excluding hydrogens is 401 g/mol. The molecule has 0 saturated heterocycles. The van der Waals surface area contributed by atoms with Crippen molar-refractivity contribution in [3.8, 4) is 5.75 Å². The third-order valence-corrected chi connectivity index (χ3v) is 4.89. The lowest BCUT2D eigenvalue weighted by Gasteiger charge is -2.16. The van der Waals surface area contributed by atoms with Crippen molar-refractivity contribution < 1.29 is 9.13 Å². The Morgan fingerprint density at radius 2 is 1.86 bits per heavy atom. The third-order valence-electron chi connectivity index (χ3n) is 2.88. The smallest absolute Gasteiger partial charge is 0.142 e. The number of rotatable bonds is 4. The van der Waals surface area contributed by atoms with Gasteiger partial charge in [-0.15, -0.1) is 0 Å². The molecule has 2 aromatic rings. The zero-order valence-corrected chi connectivity index (χ0v) is 14.8. The second-order valence-electron chi connectivity index (χ2n) is 4.24. The zero-order chi connectivity index (χ0) is 15.6. The van der Waals surface area contributed by atoms with Crippen molar-refractivity contribution in [2.75, 3.05) is 6.61 Å². The second kappa shape index (κ2) is 7.19. The lowest BCUT2D eigenvalue weighted by molar-refractivity contribution is 0.340. The van der Waals surface area contributed by atoms with Crippen LogP contribution in [0.1, 0.15) is 22.9 Å². The molecule has 0 aromatic heterocycles. The largest absolute Gasteiger partial charge is 0.492 e. The van der Waals surface area contributed by atoms with Crippen LogP contribution in [0.3, 0.4) is 0 Å². The van der Waals surface area contributed by atoms with E-state index in [1.165, 1.54) is 6.07 Å². The topological polar surface area (TPSA) is 9.23 Å². The summed E-state index contributed by atoms with van der Waals surface area (Å²) >= 11 is 21.9. The highest BCUT2D eigenvalue weighted by Crippen LogP contribution is 2.42. The maximum absolute atomic E-state index is 13.6. The van der Waals surface area contributed by atoms with Crippen molar-refractivity contribution in [1.82, 2.24) is 0 Å². The Kier molecular flexibility index (Phi) is 5.78. The summed E-state index contributed by atoms with van der Waals surface area (Å²) in [7, 11) is 0. The zero-order valence-electron chi connectivity index (χ0n) is 11.0. The van der Waals surface area contributed by atoms with E-state index >= 15 is 0 Å². The van der Waals surface area contributed by atoms with E-state index in [9.17, 15) is 4.39 Å². The fourth-order valence-electron chi connectivity index (χ4n) is 1.89. The molecule has 2 rings (SSSR count). The van der Waals surface area contributed by atoms with Gasteiger partial charge in [0, 0.05) is 11.1 Å². The van der Waals surface area contributed by atoms with Crippen LogP contribution in [0.25, 0.3) is 0 Å². The van der Waals surface area contributed by atoms with Crippen molar-refractivity contribution >= 4 is 50.7 Å². The average Bonchev–Trinajstić information content (AvgIpc) is 2.45. The van der Waals surface area contributed by atoms with Gasteiger partial charge in [-0.1, -0.05) is 62.9 Å². The third kappa shape index (κ3) is 3.65. The van der Waals surface area contributed by atoms with Gasteiger partial charge in [-0.3, -0.25) is 0 Å². The van der Waals surface area contributed by atoms with Crippen LogP contribution in [0, 0.1) is 5.82 Å². The van der Waals surface area contributed by atoms with E-state index in [0.717, 1.165) is 0 Å². The van der Waals surface area contributed by atoms with Crippen LogP contribution < -0.4 is 4.74 Å². The molecule has 0 aliphatic rings. The average molecular weight is 413 g/mol. The van der Waals surface area contributed by atoms with Crippen LogP contribution >= 0.6 is 50.7 Å². The van der Waals surface area contributed by atoms with Crippen molar-refractivity contribution in [2.24, 2.45) is 0 Å². The summed E-state index contributed by atoms with van der Waals surface area (Å²) in [4.78, 5) is -0.374. The minimum absolute atomic E-state index is 0.0560. The van der Waals surface area contributed by atoms with E-state index in [2.05, 4.69) is 15.9 Å². The maximum atomic E-state index is 13.6. The predicted octanol–water partition coefficient (Wildman–Crippen LogP) is 6.67. The van der Waals surface area contributed by atoms with E-state index < -0.39 is 5.82 Å². The van der Waals surface area contributed by atoms with Crippen molar-refractivity contribution in [1.29, 1.82) is 0 Å². The first-order chi connectivity index (χ1) is 9.95. The molecule has 112 valence electrons. The molecule has 0 aliphatic carbocycles. The molecule has 1 nitrogen and oxygen atoms in total. The van der Waals surface area contributed by atoms with Gasteiger partial charge in [0.2, 0.25) is 0 Å². The van der Waals surface area contributed by atoms with Crippen LogP contribution in [0.4, 0.5) is 4.39 Å². The molecule has 1 unspecified atom stereocenters. The summed E-state index contributed by atoms with van der Waals surface area (Å²) in [5.74, 6) is 0.0322. The molecule has 0 N–H and O–H groups in total. The van der Waals surface area contributed by atoms with Gasteiger partial charge in [0.05, 0.1) is 21.5 Å². The molecule has 0 heterocycles. The second-order valence-corrected chi connectivity index (χ2v) is 6.35. The Morgan fingerprint density at radius 1 is 1.14 bits per heavy atom. The van der Waals surface area contributed by atoms with E-state index in [4.69, 9.17) is 39.5 Å². The fraction of sp³-hybridized carbons (Fsp3) is 0.200. The molecule has 2 aromatic carbocycles. The van der Waals surface area contributed by atoms with Crippen LogP contribution in [-0.2, 0) is 0 Å². The maximum Gasteiger partial charge on any atom is 0.142 e. The Balaban J connectivity index is 2.46. The van der Waals surface area contributed by atoms with Crippen LogP contribution in [-0.4, -0.2) is 6.61 Å². The lowest BCUT2D eigenvalue weighted by atomic mass is 10.0. The van der Waals surface area contributed by atoms with Crippen molar-refractivity contribution in [2.45, 2.75) is 11.8 Å². The van der Waals surface area contributed by atoms with Crippen LogP contribution in [0.5, 0.6) is 5.75 Å². The number of hydrogen-bond donors (Lipinski definition) is 0. The van der Waals surface area contributed by atoms with E-state index in [0.29, 0.717) is 33.5 Å². The molecule has 0 spiro atoms. The minimum atomic E-state index is -0.480. The number of hydrogen-bond acceptors (Lipinski definition) is 1. The fourth-order valence-corrected chi connectivity index (χ4v) is 3.64. The van der Waals surface area contributed by atoms with Gasteiger partial charge < -0.3 is 4.74 Å². The summed E-state index contributed by atoms with van der Waals surface area (Å²) in [6, 6.07) is 7.96. The highest BCUT2D eigenvalue weighted by Gasteiger charge is 2.20. The summed E-state index contributed by atoms with van der Waals surface area (Å²) in [5, 5.41) is 0.957. The number of ether oxygens (including phenoxy) is 1. The van der Waals surface area contributed by atoms with E-state index in [1.54, 1.807) is 24.3 Å². The van der Waals surface area contributed by atoms with Gasteiger partial charge in [0.1, 0.15) is 11.6 Å². The molecule has 0 fully saturated rings. The van der Waals surface area contributed by atoms with Gasteiger partial charge >= 0.3 is 0 Å². The molecule has 6 heteroatoms. The van der Waals surface area contributed by atoms with Crippen molar-refractivity contribution in [3.05, 3.63) is 62.3 Å². The summed E-state index contributed by atoms with van der Waals surface area (Å²) in [5.41, 5.74) is 1.27. The van der Waals surface area contributed by atoms with Gasteiger partial charge in [0.25, 0.3) is 0 Å². The van der Waals surface area contributed by atoms with Gasteiger partial charge in [-0.05, 0) is 30.2 Å². The predicted molar refractivity (Wildman–Crippen MR) is 89.8 cm³/mol. The summed E-state index contributed by atoms with van der Waals surface area (Å²) in [6.45, 7) is 2.35. The van der Waals surface area contributed by atoms with Crippen LogP contribution in [0.2, 0.25) is 15.1 Å². The van der Waals surface area contributed by atoms with Gasteiger partial charge in [0.15, 0.2) is 0 Å². The molecule has 0 saturated carbocycles. The Morgan fingerprint density at radius 3 is 2.52 bits per heavy atom. The monoisotopic (exact) mass is 410 g/mol. The number of benzene rings is 2.